The fraction of sp³-hybridized carbons (Fsp3) is 0.682. The zero-order chi connectivity index (χ0) is 20.4. The lowest BCUT2D eigenvalue weighted by atomic mass is 9.90. The molecule has 3 unspecified atom stereocenters. The number of aryl methyl sites for hydroxylation is 2. The van der Waals surface area contributed by atoms with Crippen LogP contribution in [0.2, 0.25) is 0 Å². The summed E-state index contributed by atoms with van der Waals surface area (Å²) in [6, 6.07) is 4.74. The first-order valence-corrected chi connectivity index (χ1v) is 11.7. The third-order valence-corrected chi connectivity index (χ3v) is 7.45. The van der Waals surface area contributed by atoms with E-state index in [-0.39, 0.29) is 18.4 Å². The monoisotopic (exact) mass is 416 g/mol. The fourth-order valence-electron chi connectivity index (χ4n) is 4.61. The first kappa shape index (κ1) is 20.8. The van der Waals surface area contributed by atoms with E-state index in [0.29, 0.717) is 5.92 Å². The number of aliphatic imine (C=N–C) groups is 1. The molecule has 3 heterocycles. The van der Waals surface area contributed by atoms with Gasteiger partial charge < -0.3 is 4.74 Å². The van der Waals surface area contributed by atoms with E-state index >= 15 is 0 Å². The molecule has 1 N–H and O–H groups in total. The summed E-state index contributed by atoms with van der Waals surface area (Å²) in [5.74, 6) is 0.695. The summed E-state index contributed by atoms with van der Waals surface area (Å²) in [6.45, 7) is 2.86. The second-order valence-corrected chi connectivity index (χ2v) is 9.72. The number of thiazole rings is 1. The first-order chi connectivity index (χ1) is 14.0. The van der Waals surface area contributed by atoms with E-state index in [1.54, 1.807) is 11.3 Å². The Morgan fingerprint density at radius 3 is 2.83 bits per heavy atom. The summed E-state index contributed by atoms with van der Waals surface area (Å²) in [6.07, 6.45) is 9.36. The van der Waals surface area contributed by atoms with Crippen LogP contribution in [0.15, 0.2) is 17.1 Å². The lowest BCUT2D eigenvalue weighted by molar-refractivity contribution is -0.651. The van der Waals surface area contributed by atoms with E-state index in [2.05, 4.69) is 60.0 Å². The summed E-state index contributed by atoms with van der Waals surface area (Å²) in [5.41, 5.74) is 2.25. The van der Waals surface area contributed by atoms with Gasteiger partial charge in [0.25, 0.3) is 5.01 Å². The molecule has 1 aliphatic heterocycles. The highest BCUT2D eigenvalue weighted by atomic mass is 32.1. The van der Waals surface area contributed by atoms with E-state index in [9.17, 15) is 0 Å². The van der Waals surface area contributed by atoms with E-state index in [0.717, 1.165) is 23.6 Å². The van der Waals surface area contributed by atoms with Gasteiger partial charge in [-0.15, -0.1) is 0 Å². The number of rotatable bonds is 6. The molecule has 0 amide bonds. The van der Waals surface area contributed by atoms with Crippen LogP contribution in [0, 0.1) is 12.8 Å². The molecule has 7 heteroatoms. The van der Waals surface area contributed by atoms with Crippen molar-refractivity contribution in [3.8, 4) is 0 Å². The molecule has 1 saturated carbocycles. The van der Waals surface area contributed by atoms with Crippen LogP contribution >= 0.6 is 11.3 Å². The highest BCUT2D eigenvalue weighted by molar-refractivity contribution is 7.17. The van der Waals surface area contributed by atoms with Crippen molar-refractivity contribution in [2.75, 3.05) is 20.7 Å². The van der Waals surface area contributed by atoms with Crippen LogP contribution in [0.25, 0.3) is 10.3 Å². The van der Waals surface area contributed by atoms with E-state index < -0.39 is 0 Å². The van der Waals surface area contributed by atoms with Gasteiger partial charge in [0.05, 0.1) is 6.61 Å². The van der Waals surface area contributed by atoms with Crippen molar-refractivity contribution in [1.82, 2.24) is 15.2 Å². The second-order valence-electron chi connectivity index (χ2n) is 8.71. The van der Waals surface area contributed by atoms with Crippen LogP contribution in [0.5, 0.6) is 0 Å². The number of ether oxygens (including phenoxy) is 1. The summed E-state index contributed by atoms with van der Waals surface area (Å²) in [5, 5.41) is 4.97. The van der Waals surface area contributed by atoms with Gasteiger partial charge >= 0.3 is 0 Å². The van der Waals surface area contributed by atoms with Gasteiger partial charge in [0.1, 0.15) is 13.1 Å². The number of nitrogens with one attached hydrogen (secondary N) is 1. The highest BCUT2D eigenvalue weighted by Crippen LogP contribution is 2.31. The van der Waals surface area contributed by atoms with Gasteiger partial charge in [-0.25, -0.2) is 4.98 Å². The maximum atomic E-state index is 6.18. The normalized spacial score (nSPS) is 24.4. The largest absolute Gasteiger partial charge is 0.343 e. The highest BCUT2D eigenvalue weighted by Gasteiger charge is 2.37. The Morgan fingerprint density at radius 1 is 1.28 bits per heavy atom. The molecule has 0 radical (unpaired) electrons. The van der Waals surface area contributed by atoms with Crippen LogP contribution in [-0.2, 0) is 11.8 Å². The van der Waals surface area contributed by atoms with Crippen LogP contribution in [0.1, 0.15) is 55.3 Å². The maximum absolute atomic E-state index is 6.18. The lowest BCUT2D eigenvalue weighted by Crippen LogP contribution is -2.51. The minimum absolute atomic E-state index is 0.229. The Morgan fingerprint density at radius 2 is 2.07 bits per heavy atom. The Kier molecular flexibility index (Phi) is 6.59. The Labute approximate surface area is 178 Å². The number of nitrogens with zero attached hydrogens (tertiary/aromatic N) is 4. The molecule has 1 fully saturated rings. The molecule has 0 saturated heterocycles. The predicted molar refractivity (Wildman–Crippen MR) is 118 cm³/mol. The van der Waals surface area contributed by atoms with Gasteiger partial charge in [-0.3, -0.25) is 15.2 Å². The molecule has 1 aliphatic carbocycles. The molecule has 4 rings (SSSR count). The number of fused-ring (bicyclic) bond motifs is 1. The number of hydrogen-bond acceptors (Lipinski definition) is 6. The summed E-state index contributed by atoms with van der Waals surface area (Å²) >= 11 is 1.79. The van der Waals surface area contributed by atoms with Gasteiger partial charge in [0.15, 0.2) is 4.83 Å². The molecule has 158 valence electrons. The van der Waals surface area contributed by atoms with Crippen LogP contribution < -0.4 is 9.88 Å². The van der Waals surface area contributed by atoms with E-state index in [1.165, 1.54) is 42.6 Å². The molecule has 2 aliphatic rings. The Hall–Kier alpha value is -1.41. The molecule has 6 nitrogen and oxygen atoms in total. The zero-order valence-corrected chi connectivity index (χ0v) is 18.9. The van der Waals surface area contributed by atoms with Gasteiger partial charge in [-0.1, -0.05) is 19.3 Å². The molecule has 0 aromatic carbocycles. The molecule has 29 heavy (non-hydrogen) atoms. The van der Waals surface area contributed by atoms with Gasteiger partial charge in [0, 0.05) is 30.4 Å². The fourth-order valence-corrected chi connectivity index (χ4v) is 6.04. The van der Waals surface area contributed by atoms with Crippen molar-refractivity contribution in [2.24, 2.45) is 18.0 Å². The van der Waals surface area contributed by atoms with Crippen molar-refractivity contribution >= 4 is 27.9 Å². The zero-order valence-electron chi connectivity index (χ0n) is 18.1. The number of aromatic nitrogens is 2. The van der Waals surface area contributed by atoms with Crippen LogP contribution in [0.3, 0.4) is 0 Å². The van der Waals surface area contributed by atoms with Crippen LogP contribution in [-0.4, -0.2) is 49.2 Å². The van der Waals surface area contributed by atoms with Crippen LogP contribution in [0.4, 0.5) is 0 Å². The van der Waals surface area contributed by atoms with Crippen molar-refractivity contribution in [3.05, 3.63) is 22.8 Å². The number of likely N-dealkylation sites (N-methyl/N-ethyl adjacent to an activating group) is 1. The molecule has 2 aromatic rings. The second kappa shape index (κ2) is 9.16. The quantitative estimate of drug-likeness (QED) is 0.734. The van der Waals surface area contributed by atoms with Crippen molar-refractivity contribution in [3.63, 3.8) is 0 Å². The molecule has 0 spiro atoms. The number of hydrogen-bond donors (Lipinski definition) is 1. The average molecular weight is 417 g/mol. The maximum Gasteiger partial charge on any atom is 0.258 e. The SMILES string of the molecule is Cc1ccc2c(n1)sc(C(C1CC=NC(OCC3CCCCC3)N1)N(C)C)[n+]2C. The van der Waals surface area contributed by atoms with Gasteiger partial charge in [-0.05, 0) is 57.2 Å². The summed E-state index contributed by atoms with van der Waals surface area (Å²) < 4.78 is 8.47. The van der Waals surface area contributed by atoms with E-state index in [1.807, 2.05) is 6.21 Å². The third kappa shape index (κ3) is 4.68. The molecule has 0 bridgehead atoms. The molecular weight excluding hydrogens is 382 g/mol. The predicted octanol–water partition coefficient (Wildman–Crippen LogP) is 3.35. The van der Waals surface area contributed by atoms with Crippen molar-refractivity contribution < 1.29 is 9.30 Å². The first-order valence-electron chi connectivity index (χ1n) is 10.8. The van der Waals surface area contributed by atoms with Crippen molar-refractivity contribution in [2.45, 2.75) is 63.9 Å². The lowest BCUT2D eigenvalue weighted by Gasteiger charge is -2.34. The molecule has 3 atom stereocenters. The Balaban J connectivity index is 1.50. The number of pyridine rings is 1. The smallest absolute Gasteiger partial charge is 0.258 e. The minimum atomic E-state index is -0.238. The molecule has 2 aromatic heterocycles. The standard InChI is InChI=1S/C22H34N5OS/c1-15-10-11-18-20(24-15)29-21(27(18)4)19(26(2)3)17-12-13-23-22(25-17)28-14-16-8-6-5-7-9-16/h10-11,13,16-17,19,22,25H,5-9,12,14H2,1-4H3/q+1. The van der Waals surface area contributed by atoms with Gasteiger partial charge in [0.2, 0.25) is 11.9 Å². The minimum Gasteiger partial charge on any atom is -0.343 e. The van der Waals surface area contributed by atoms with Gasteiger partial charge in [-0.2, -0.15) is 4.57 Å². The van der Waals surface area contributed by atoms with E-state index in [4.69, 9.17) is 9.72 Å². The van der Waals surface area contributed by atoms with Crippen molar-refractivity contribution in [1.29, 1.82) is 0 Å². The topological polar surface area (TPSA) is 53.6 Å². The third-order valence-electron chi connectivity index (χ3n) is 6.23. The average Bonchev–Trinajstić information content (AvgIpc) is 3.03. The summed E-state index contributed by atoms with van der Waals surface area (Å²) in [4.78, 5) is 12.7. The Bertz CT molecular complexity index is 858. The summed E-state index contributed by atoms with van der Waals surface area (Å²) in [7, 11) is 6.45. The molecular formula is C22H34N5OS+.